The van der Waals surface area contributed by atoms with Gasteiger partial charge in [-0.25, -0.2) is 4.98 Å². The number of hydrogen-bond acceptors (Lipinski definition) is 5. The number of aryl methyl sites for hydroxylation is 2. The van der Waals surface area contributed by atoms with Gasteiger partial charge in [-0.1, -0.05) is 36.0 Å². The van der Waals surface area contributed by atoms with Crippen LogP contribution in [0.5, 0.6) is 0 Å². The molecule has 0 saturated heterocycles. The van der Waals surface area contributed by atoms with E-state index in [0.717, 1.165) is 23.5 Å². The van der Waals surface area contributed by atoms with Gasteiger partial charge in [0.25, 0.3) is 5.56 Å². The van der Waals surface area contributed by atoms with Crippen molar-refractivity contribution in [3.05, 3.63) is 57.0 Å². The van der Waals surface area contributed by atoms with Gasteiger partial charge in [0, 0.05) is 23.1 Å². The molecule has 0 aliphatic heterocycles. The third kappa shape index (κ3) is 3.39. The minimum Gasteiger partial charge on any atom is -0.267 e. The summed E-state index contributed by atoms with van der Waals surface area (Å²) in [6.45, 7) is 4.18. The van der Waals surface area contributed by atoms with Crippen LogP contribution < -0.4 is 5.56 Å². The molecule has 0 fully saturated rings. The highest BCUT2D eigenvalue weighted by Gasteiger charge is 2.08. The van der Waals surface area contributed by atoms with Crippen LogP contribution in [0.2, 0.25) is 0 Å². The number of fused-ring (bicyclic) bond motifs is 1. The van der Waals surface area contributed by atoms with Gasteiger partial charge in [0.2, 0.25) is 4.96 Å². The first kappa shape index (κ1) is 15.2. The van der Waals surface area contributed by atoms with Crippen LogP contribution >= 0.6 is 23.1 Å². The Morgan fingerprint density at radius 2 is 2.05 bits per heavy atom. The minimum absolute atomic E-state index is 0.0943. The van der Waals surface area contributed by atoms with Gasteiger partial charge in [-0.05, 0) is 25.5 Å². The predicted molar refractivity (Wildman–Crippen MR) is 91.9 cm³/mol. The van der Waals surface area contributed by atoms with E-state index < -0.39 is 0 Å². The van der Waals surface area contributed by atoms with E-state index in [9.17, 15) is 4.79 Å². The van der Waals surface area contributed by atoms with Crippen molar-refractivity contribution >= 4 is 28.1 Å². The maximum atomic E-state index is 12.1. The molecule has 22 heavy (non-hydrogen) atoms. The highest BCUT2D eigenvalue weighted by atomic mass is 32.2. The molecule has 3 rings (SSSR count). The molecule has 0 amide bonds. The summed E-state index contributed by atoms with van der Waals surface area (Å²) >= 11 is 3.20. The largest absolute Gasteiger partial charge is 0.275 e. The molecule has 0 radical (unpaired) electrons. The Balaban J connectivity index is 1.81. The monoisotopic (exact) mass is 331 g/mol. The Hall–Kier alpha value is -1.66. The maximum absolute atomic E-state index is 12.1. The lowest BCUT2D eigenvalue weighted by Gasteiger charge is -2.02. The number of benzene rings is 1. The van der Waals surface area contributed by atoms with Crippen molar-refractivity contribution in [2.45, 2.75) is 37.3 Å². The Morgan fingerprint density at radius 1 is 1.27 bits per heavy atom. The van der Waals surface area contributed by atoms with Gasteiger partial charge >= 0.3 is 0 Å². The van der Waals surface area contributed by atoms with Crippen molar-refractivity contribution in [3.8, 4) is 0 Å². The summed E-state index contributed by atoms with van der Waals surface area (Å²) in [5, 5.41) is 5.29. The van der Waals surface area contributed by atoms with E-state index in [0.29, 0.717) is 10.7 Å². The molecule has 0 aliphatic carbocycles. The maximum Gasteiger partial charge on any atom is 0.275 e. The highest BCUT2D eigenvalue weighted by molar-refractivity contribution is 7.98. The van der Waals surface area contributed by atoms with Gasteiger partial charge in [-0.3, -0.25) is 4.79 Å². The van der Waals surface area contributed by atoms with Gasteiger partial charge in [-0.2, -0.15) is 9.61 Å². The topological polar surface area (TPSA) is 47.3 Å². The van der Waals surface area contributed by atoms with E-state index in [1.165, 1.54) is 26.3 Å². The van der Waals surface area contributed by atoms with Crippen molar-refractivity contribution < 1.29 is 0 Å². The first-order chi connectivity index (χ1) is 10.7. The van der Waals surface area contributed by atoms with Crippen molar-refractivity contribution in [1.82, 2.24) is 14.6 Å². The van der Waals surface area contributed by atoms with Gasteiger partial charge < -0.3 is 0 Å². The number of rotatable bonds is 5. The minimum atomic E-state index is -0.0943. The van der Waals surface area contributed by atoms with Crippen LogP contribution in [0, 0.1) is 6.92 Å². The lowest BCUT2D eigenvalue weighted by atomic mass is 10.2. The highest BCUT2D eigenvalue weighted by Crippen LogP contribution is 2.22. The average molecular weight is 331 g/mol. The van der Waals surface area contributed by atoms with Crippen molar-refractivity contribution in [3.63, 3.8) is 0 Å². The van der Waals surface area contributed by atoms with E-state index in [-0.39, 0.29) is 5.56 Å². The SMILES string of the molecule is CCCc1nn2c(=O)cc(CSc3ccc(C)cc3)nc2s1. The van der Waals surface area contributed by atoms with Crippen LogP contribution in [0.4, 0.5) is 0 Å². The van der Waals surface area contributed by atoms with E-state index in [2.05, 4.69) is 48.2 Å². The third-order valence-electron chi connectivity index (χ3n) is 3.21. The fraction of sp³-hybridized carbons (Fsp3) is 0.312. The first-order valence-corrected chi connectivity index (χ1v) is 9.04. The second-order valence-electron chi connectivity index (χ2n) is 5.13. The quantitative estimate of drug-likeness (QED) is 0.669. The summed E-state index contributed by atoms with van der Waals surface area (Å²) in [6.07, 6.45) is 1.91. The van der Waals surface area contributed by atoms with E-state index in [1.807, 2.05) is 0 Å². The molecule has 2 heterocycles. The van der Waals surface area contributed by atoms with Crippen LogP contribution in [-0.2, 0) is 12.2 Å². The van der Waals surface area contributed by atoms with Crippen molar-refractivity contribution in [2.75, 3.05) is 0 Å². The van der Waals surface area contributed by atoms with Crippen LogP contribution in [0.15, 0.2) is 40.0 Å². The Bertz CT molecular complexity index is 837. The number of aromatic nitrogens is 3. The second-order valence-corrected chi connectivity index (χ2v) is 7.22. The molecule has 0 N–H and O–H groups in total. The summed E-state index contributed by atoms with van der Waals surface area (Å²) < 4.78 is 1.41. The summed E-state index contributed by atoms with van der Waals surface area (Å²) in [6, 6.07) is 9.96. The average Bonchev–Trinajstić information content (AvgIpc) is 2.90. The predicted octanol–water partition coefficient (Wildman–Crippen LogP) is 3.70. The first-order valence-electron chi connectivity index (χ1n) is 7.24. The summed E-state index contributed by atoms with van der Waals surface area (Å²) in [4.78, 5) is 18.6. The summed E-state index contributed by atoms with van der Waals surface area (Å²) in [5.74, 6) is 0.690. The molecule has 3 aromatic rings. The van der Waals surface area contributed by atoms with Crippen LogP contribution in [0.1, 0.15) is 29.6 Å². The molecule has 2 aromatic heterocycles. The van der Waals surface area contributed by atoms with Gasteiger partial charge in [0.05, 0.1) is 5.69 Å². The molecular weight excluding hydrogens is 314 g/mol. The van der Waals surface area contributed by atoms with Crippen LogP contribution in [-0.4, -0.2) is 14.6 Å². The van der Waals surface area contributed by atoms with Gasteiger partial charge in [0.15, 0.2) is 0 Å². The molecule has 0 saturated carbocycles. The van der Waals surface area contributed by atoms with Crippen LogP contribution in [0.25, 0.3) is 4.96 Å². The standard InChI is InChI=1S/C16H17N3OS2/c1-3-4-14-18-19-15(20)9-12(17-16(19)22-14)10-21-13-7-5-11(2)6-8-13/h5-9H,3-4,10H2,1-2H3. The third-order valence-corrected chi connectivity index (χ3v) is 5.23. The number of hydrogen-bond donors (Lipinski definition) is 0. The van der Waals surface area contributed by atoms with E-state index in [4.69, 9.17) is 0 Å². The van der Waals surface area contributed by atoms with E-state index >= 15 is 0 Å². The zero-order valence-corrected chi connectivity index (χ0v) is 14.2. The molecule has 114 valence electrons. The molecule has 0 unspecified atom stereocenters. The molecule has 1 aromatic carbocycles. The summed E-state index contributed by atoms with van der Waals surface area (Å²) in [7, 11) is 0. The Labute approximate surface area is 137 Å². The van der Waals surface area contributed by atoms with Crippen molar-refractivity contribution in [2.24, 2.45) is 0 Å². The van der Waals surface area contributed by atoms with Gasteiger partial charge in [-0.15, -0.1) is 11.8 Å². The Morgan fingerprint density at radius 3 is 2.77 bits per heavy atom. The molecule has 0 aliphatic rings. The number of thioether (sulfide) groups is 1. The molecule has 0 bridgehead atoms. The van der Waals surface area contributed by atoms with Gasteiger partial charge in [0.1, 0.15) is 5.01 Å². The lowest BCUT2D eigenvalue weighted by molar-refractivity contribution is 0.818. The summed E-state index contributed by atoms with van der Waals surface area (Å²) in [5.41, 5.74) is 1.96. The number of nitrogens with zero attached hydrogens (tertiary/aromatic N) is 3. The zero-order chi connectivity index (χ0) is 15.5. The molecule has 6 heteroatoms. The molecule has 4 nitrogen and oxygen atoms in total. The zero-order valence-electron chi connectivity index (χ0n) is 12.6. The lowest BCUT2D eigenvalue weighted by Crippen LogP contribution is -2.15. The normalized spacial score (nSPS) is 11.2. The van der Waals surface area contributed by atoms with Crippen molar-refractivity contribution in [1.29, 1.82) is 0 Å². The smallest absolute Gasteiger partial charge is 0.267 e. The Kier molecular flexibility index (Phi) is 4.59. The molecule has 0 spiro atoms. The molecular formula is C16H17N3OS2. The second kappa shape index (κ2) is 6.62. The van der Waals surface area contributed by atoms with E-state index in [1.54, 1.807) is 17.8 Å². The van der Waals surface area contributed by atoms with Crippen LogP contribution in [0.3, 0.4) is 0 Å². The fourth-order valence-electron chi connectivity index (χ4n) is 2.08. The molecule has 0 atom stereocenters. The fourth-order valence-corrected chi connectivity index (χ4v) is 3.89.